The Hall–Kier alpha value is -1.62. The van der Waals surface area contributed by atoms with Crippen LogP contribution in [0.5, 0.6) is 0 Å². The van der Waals surface area contributed by atoms with Gasteiger partial charge in [-0.05, 0) is 68.1 Å². The number of esters is 1. The molecule has 4 aliphatic rings. The third kappa shape index (κ3) is 2.69. The molecule has 5 nitrogen and oxygen atoms in total. The molecule has 128 valence electrons. The number of nitrogens with zero attached hydrogens (tertiary/aromatic N) is 1. The van der Waals surface area contributed by atoms with E-state index in [9.17, 15) is 14.9 Å². The average Bonchev–Trinajstić information content (AvgIpc) is 2.50. The Bertz CT molecular complexity index is 673. The lowest BCUT2D eigenvalue weighted by Gasteiger charge is -2.58. The van der Waals surface area contributed by atoms with Gasteiger partial charge in [0.25, 0.3) is 5.69 Å². The number of carbonyl (C=O) groups excluding carboxylic acids is 1. The third-order valence-corrected chi connectivity index (χ3v) is 6.38. The van der Waals surface area contributed by atoms with Crippen LogP contribution in [-0.4, -0.2) is 15.8 Å². The summed E-state index contributed by atoms with van der Waals surface area (Å²) in [4.78, 5) is 22.8. The lowest BCUT2D eigenvalue weighted by atomic mass is 9.49. The van der Waals surface area contributed by atoms with Gasteiger partial charge in [0.05, 0.1) is 10.3 Å². The average molecular weight is 350 g/mol. The fourth-order valence-electron chi connectivity index (χ4n) is 5.41. The zero-order valence-corrected chi connectivity index (χ0v) is 14.1. The first kappa shape index (κ1) is 15.9. The fraction of sp³-hybridized carbons (Fsp3) is 0.611. The van der Waals surface area contributed by atoms with Crippen molar-refractivity contribution in [3.05, 3.63) is 39.9 Å². The highest BCUT2D eigenvalue weighted by Crippen LogP contribution is 2.64. The lowest BCUT2D eigenvalue weighted by Crippen LogP contribution is -2.56. The van der Waals surface area contributed by atoms with E-state index >= 15 is 0 Å². The van der Waals surface area contributed by atoms with Crippen LogP contribution in [0.4, 0.5) is 5.69 Å². The van der Waals surface area contributed by atoms with Crippen molar-refractivity contribution in [3.8, 4) is 0 Å². The van der Waals surface area contributed by atoms with Crippen LogP contribution in [0.2, 0.25) is 0 Å². The van der Waals surface area contributed by atoms with Gasteiger partial charge in [0.15, 0.2) is 0 Å². The SMILES string of the molecule is O=C(OCc1ccc([N+](=O)[O-])cc1)C12CC3CC(CC(Cl)(C3)C1)C2. The Kier molecular flexibility index (Phi) is 3.60. The van der Waals surface area contributed by atoms with Gasteiger partial charge in [0.2, 0.25) is 0 Å². The molecule has 4 saturated carbocycles. The molecule has 4 fully saturated rings. The zero-order valence-electron chi connectivity index (χ0n) is 13.4. The van der Waals surface area contributed by atoms with Crippen molar-refractivity contribution in [2.45, 2.75) is 50.0 Å². The Morgan fingerprint density at radius 3 is 2.38 bits per heavy atom. The van der Waals surface area contributed by atoms with E-state index in [1.807, 2.05) is 0 Å². The van der Waals surface area contributed by atoms with Gasteiger partial charge in [-0.15, -0.1) is 11.6 Å². The van der Waals surface area contributed by atoms with Crippen molar-refractivity contribution in [1.29, 1.82) is 0 Å². The molecule has 1 aromatic rings. The van der Waals surface area contributed by atoms with E-state index in [-0.39, 0.29) is 23.1 Å². The maximum atomic E-state index is 12.8. The molecule has 2 atom stereocenters. The van der Waals surface area contributed by atoms with Crippen LogP contribution < -0.4 is 0 Å². The number of rotatable bonds is 4. The topological polar surface area (TPSA) is 69.4 Å². The summed E-state index contributed by atoms with van der Waals surface area (Å²) in [5, 5.41) is 10.7. The normalized spacial score (nSPS) is 36.5. The van der Waals surface area contributed by atoms with Gasteiger partial charge in [-0.1, -0.05) is 0 Å². The Morgan fingerprint density at radius 1 is 1.21 bits per heavy atom. The first-order chi connectivity index (χ1) is 11.4. The first-order valence-corrected chi connectivity index (χ1v) is 8.85. The standard InChI is InChI=1S/C18H20ClNO4/c19-18-8-13-5-14(9-18)7-17(6-13,11-18)16(21)24-10-12-1-3-15(4-2-12)20(22)23/h1-4,13-14H,5-11H2. The van der Waals surface area contributed by atoms with E-state index < -0.39 is 10.3 Å². The second-order valence-corrected chi connectivity index (χ2v) is 8.69. The number of ether oxygens (including phenoxy) is 1. The maximum absolute atomic E-state index is 12.8. The predicted molar refractivity (Wildman–Crippen MR) is 88.6 cm³/mol. The Balaban J connectivity index is 1.44. The summed E-state index contributed by atoms with van der Waals surface area (Å²) in [5.41, 5.74) is 0.390. The summed E-state index contributed by atoms with van der Waals surface area (Å²) in [6.45, 7) is 0.156. The van der Waals surface area contributed by atoms with Gasteiger partial charge < -0.3 is 4.74 Å². The van der Waals surface area contributed by atoms with Gasteiger partial charge in [0.1, 0.15) is 6.61 Å². The van der Waals surface area contributed by atoms with E-state index in [1.165, 1.54) is 18.6 Å². The fourth-order valence-corrected chi connectivity index (χ4v) is 6.10. The highest BCUT2D eigenvalue weighted by molar-refractivity contribution is 6.24. The summed E-state index contributed by atoms with van der Waals surface area (Å²) in [6.07, 6.45) is 5.79. The van der Waals surface area contributed by atoms with E-state index in [4.69, 9.17) is 16.3 Å². The molecule has 0 aliphatic heterocycles. The highest BCUT2D eigenvalue weighted by Gasteiger charge is 2.60. The van der Waals surface area contributed by atoms with Crippen LogP contribution in [0.25, 0.3) is 0 Å². The summed E-state index contributed by atoms with van der Waals surface area (Å²) in [6, 6.07) is 6.13. The van der Waals surface area contributed by atoms with Crippen LogP contribution in [0.1, 0.15) is 44.1 Å². The molecule has 24 heavy (non-hydrogen) atoms. The van der Waals surface area contributed by atoms with Crippen molar-refractivity contribution in [3.63, 3.8) is 0 Å². The molecule has 1 aromatic carbocycles. The quantitative estimate of drug-likeness (QED) is 0.353. The largest absolute Gasteiger partial charge is 0.460 e. The molecule has 0 saturated heterocycles. The molecule has 0 heterocycles. The molecule has 2 unspecified atom stereocenters. The van der Waals surface area contributed by atoms with Crippen molar-refractivity contribution >= 4 is 23.3 Å². The minimum atomic E-state index is -0.439. The van der Waals surface area contributed by atoms with Gasteiger partial charge in [-0.25, -0.2) is 0 Å². The molecule has 6 heteroatoms. The summed E-state index contributed by atoms with van der Waals surface area (Å²) < 4.78 is 5.59. The number of hydrogen-bond donors (Lipinski definition) is 0. The Morgan fingerprint density at radius 2 is 1.83 bits per heavy atom. The number of nitro benzene ring substituents is 1. The van der Waals surface area contributed by atoms with Crippen molar-refractivity contribution in [2.75, 3.05) is 0 Å². The van der Waals surface area contributed by atoms with E-state index in [0.29, 0.717) is 11.8 Å². The van der Waals surface area contributed by atoms with Crippen LogP contribution in [0.3, 0.4) is 0 Å². The smallest absolute Gasteiger partial charge is 0.312 e. The number of hydrogen-bond acceptors (Lipinski definition) is 4. The van der Waals surface area contributed by atoms with E-state index in [0.717, 1.165) is 37.7 Å². The second kappa shape index (κ2) is 5.45. The lowest BCUT2D eigenvalue weighted by molar-refractivity contribution is -0.384. The van der Waals surface area contributed by atoms with Crippen molar-refractivity contribution in [1.82, 2.24) is 0 Å². The molecule has 4 aliphatic carbocycles. The monoisotopic (exact) mass is 349 g/mol. The summed E-state index contributed by atoms with van der Waals surface area (Å²) in [7, 11) is 0. The highest BCUT2D eigenvalue weighted by atomic mass is 35.5. The number of halogens is 1. The maximum Gasteiger partial charge on any atom is 0.312 e. The van der Waals surface area contributed by atoms with Crippen LogP contribution in [0, 0.1) is 27.4 Å². The molecule has 0 N–H and O–H groups in total. The zero-order chi connectivity index (χ0) is 16.9. The molecule has 0 radical (unpaired) electrons. The minimum absolute atomic E-state index is 0.0373. The van der Waals surface area contributed by atoms with Crippen LogP contribution in [0.15, 0.2) is 24.3 Å². The van der Waals surface area contributed by atoms with Crippen LogP contribution >= 0.6 is 11.6 Å². The van der Waals surface area contributed by atoms with Crippen molar-refractivity contribution in [2.24, 2.45) is 17.3 Å². The number of benzene rings is 1. The van der Waals surface area contributed by atoms with Crippen LogP contribution in [-0.2, 0) is 16.1 Å². The number of nitro groups is 1. The summed E-state index contributed by atoms with van der Waals surface area (Å²) in [5.74, 6) is 0.964. The second-order valence-electron chi connectivity index (χ2n) is 7.89. The van der Waals surface area contributed by atoms with Crippen molar-refractivity contribution < 1.29 is 14.5 Å². The van der Waals surface area contributed by atoms with E-state index in [1.54, 1.807) is 12.1 Å². The molecule has 5 rings (SSSR count). The number of non-ortho nitro benzene ring substituents is 1. The third-order valence-electron chi connectivity index (χ3n) is 5.94. The Labute approximate surface area is 145 Å². The molecule has 0 spiro atoms. The molecular weight excluding hydrogens is 330 g/mol. The van der Waals surface area contributed by atoms with Gasteiger partial charge in [-0.2, -0.15) is 0 Å². The molecule has 0 amide bonds. The summed E-state index contributed by atoms with van der Waals surface area (Å²) >= 11 is 6.76. The first-order valence-electron chi connectivity index (χ1n) is 8.47. The van der Waals surface area contributed by atoms with Gasteiger partial charge in [-0.3, -0.25) is 14.9 Å². The number of carbonyl (C=O) groups is 1. The molecular formula is C18H20ClNO4. The predicted octanol–water partition coefficient (Wildman–Crippen LogP) is 4.22. The molecule has 0 aromatic heterocycles. The van der Waals surface area contributed by atoms with Gasteiger partial charge in [0, 0.05) is 17.0 Å². The minimum Gasteiger partial charge on any atom is -0.460 e. The van der Waals surface area contributed by atoms with E-state index in [2.05, 4.69) is 0 Å². The van der Waals surface area contributed by atoms with Gasteiger partial charge >= 0.3 is 5.97 Å². The molecule has 4 bridgehead atoms. The number of alkyl halides is 1.